The molecule has 0 radical (unpaired) electrons. The van der Waals surface area contributed by atoms with E-state index in [2.05, 4.69) is 100 Å². The van der Waals surface area contributed by atoms with E-state index < -0.39 is 0 Å². The second-order valence-corrected chi connectivity index (χ2v) is 37.7. The lowest BCUT2D eigenvalue weighted by molar-refractivity contribution is -0.120. The van der Waals surface area contributed by atoms with Crippen molar-refractivity contribution in [3.63, 3.8) is 0 Å². The normalized spacial score (nSPS) is 11.2. The van der Waals surface area contributed by atoms with Gasteiger partial charge in [0.25, 0.3) is 0 Å². The maximum absolute atomic E-state index is 11.9. The number of phenols is 6. The van der Waals surface area contributed by atoms with Gasteiger partial charge in [-0.05, 0) is 238 Å². The predicted octanol–water partition coefficient (Wildman–Crippen LogP) is 26.0. The van der Waals surface area contributed by atoms with E-state index in [9.17, 15) is 59.4 Å². The van der Waals surface area contributed by atoms with Crippen LogP contribution < -0.4 is 0 Å². The van der Waals surface area contributed by atoms with Gasteiger partial charge in [0, 0.05) is 110 Å². The van der Waals surface area contributed by atoms with E-state index in [4.69, 9.17) is 30.6 Å². The molecule has 0 aliphatic rings. The van der Waals surface area contributed by atoms with Crippen molar-refractivity contribution in [1.82, 2.24) is 0 Å². The predicted molar refractivity (Wildman–Crippen MR) is 539 cm³/mol. The zero-order valence-corrected chi connectivity index (χ0v) is 83.2. The molecule has 6 aromatic carbocycles. The van der Waals surface area contributed by atoms with Crippen LogP contribution in [0.3, 0.4) is 0 Å². The summed E-state index contributed by atoms with van der Waals surface area (Å²) in [4.78, 5) is 71.2. The Labute approximate surface area is 795 Å². The molecule has 0 saturated heterocycles. The van der Waals surface area contributed by atoms with Crippen LogP contribution in [0.5, 0.6) is 34.5 Å². The van der Waals surface area contributed by atoms with Crippen LogP contribution in [0.2, 0.25) is 0 Å². The first-order valence-corrected chi connectivity index (χ1v) is 50.2. The van der Waals surface area contributed by atoms with E-state index in [1.165, 1.54) is 83.5 Å². The number of Topliss-reactive ketones (excluding diaryl/α,β-unsaturated/α-hetero) is 6. The average molecular weight is 1830 g/mol. The van der Waals surface area contributed by atoms with Gasteiger partial charge in [-0.3, -0.25) is 28.8 Å². The Hall–Kier alpha value is -8.62. The number of allylic oxidation sites excluding steroid dienone is 4. The number of hydrogen-bond acceptors (Lipinski definition) is 18. The first kappa shape index (κ1) is 121. The summed E-state index contributed by atoms with van der Waals surface area (Å²) in [6, 6.07) is 31.0. The van der Waals surface area contributed by atoms with Crippen molar-refractivity contribution in [3.8, 4) is 34.5 Å². The molecule has 0 unspecified atom stereocenters. The summed E-state index contributed by atoms with van der Waals surface area (Å²) < 4.78 is 0. The quantitative estimate of drug-likeness (QED) is 0.0125. The summed E-state index contributed by atoms with van der Waals surface area (Å²) in [6.07, 6.45) is 52.5. The number of aryl methyl sites for hydroxylation is 6. The molecule has 0 spiro atoms. The van der Waals surface area contributed by atoms with E-state index in [0.29, 0.717) is 190 Å². The van der Waals surface area contributed by atoms with Crippen molar-refractivity contribution in [2.75, 3.05) is 0 Å². The minimum absolute atomic E-state index is 0.104. The first-order valence-electron chi connectivity index (χ1n) is 50.2. The topological polar surface area (TPSA) is 345 Å². The van der Waals surface area contributed by atoms with E-state index in [1.54, 1.807) is 78.9 Å². The fraction of sp³-hybridized carbons (Fsp3) is 0.596. The fourth-order valence-corrected chi connectivity index (χ4v) is 14.8. The summed E-state index contributed by atoms with van der Waals surface area (Å²) in [7, 11) is 0. The van der Waals surface area contributed by atoms with Crippen LogP contribution in [0.25, 0.3) is 0 Å². The maximum atomic E-state index is 11.9. The van der Waals surface area contributed by atoms with E-state index in [0.717, 1.165) is 147 Å². The molecule has 12 N–H and O–H groups in total. The standard InChI is InChI=1S/C20H32O3.C20H30O3.C19H30O3.C19H28O3.2C18H28O3/c2*1-16(2)8-6-4-3-5-7-9-19(22)12-10-17-11-13-20(23)18(14-17)15-21;2*1-15(2)7-5-3-4-6-8-18(21)11-9-16-10-12-19(22)17(13-16)14-20;1-14(2)6-4-3-5-7-17(20)10-8-15-9-11-18(21)16(12-15)13-19;1-2-3-4-5-6-7-8-17(20)11-9-15-10-12-18(21)16(13-15)14-19/h11,13-14,16,21,23H,3-10,12,15H2,1-2H3;6,8,11,13-14,16,21,23H,3-5,7,9-10,12,15H2,1-2H3;10,12-13,15,20,22H,3-9,11,14H2,1-2H3;5,7,10,12-13,15,20,22H,3-4,6,8-9,11,14H2,1-2H3;9,11-12,14,19,21H,3-8,10,13H2,1-2H3;10,12-13,19,21H,2-9,11,14H2,1H3/b;8-6+;;7-5+;;. The summed E-state index contributed by atoms with van der Waals surface area (Å²) in [5.74, 6) is 5.98. The van der Waals surface area contributed by atoms with Gasteiger partial charge < -0.3 is 61.3 Å². The van der Waals surface area contributed by atoms with Crippen LogP contribution in [-0.2, 0) is 107 Å². The molecule has 18 heteroatoms. The molecule has 0 saturated carbocycles. The van der Waals surface area contributed by atoms with Gasteiger partial charge in [0.1, 0.15) is 69.2 Å². The fourth-order valence-electron chi connectivity index (χ4n) is 14.8. The zero-order chi connectivity index (χ0) is 98.1. The van der Waals surface area contributed by atoms with E-state index >= 15 is 0 Å². The third-order valence-corrected chi connectivity index (χ3v) is 23.3. The van der Waals surface area contributed by atoms with Gasteiger partial charge in [0.2, 0.25) is 0 Å². The lowest BCUT2D eigenvalue weighted by Crippen LogP contribution is -2.01. The Morgan fingerprint density at radius 1 is 0.235 bits per heavy atom. The Kier molecular flexibility index (Phi) is 71.4. The minimum atomic E-state index is -0.183. The van der Waals surface area contributed by atoms with Gasteiger partial charge in [0.05, 0.1) is 39.6 Å². The molecule has 0 fully saturated rings. The Bertz CT molecular complexity index is 4130. The molecule has 0 atom stereocenters. The number of benzene rings is 6. The van der Waals surface area contributed by atoms with Crippen LogP contribution in [0, 0.1) is 29.6 Å². The number of carbonyl (C=O) groups is 6. The van der Waals surface area contributed by atoms with E-state index in [-0.39, 0.29) is 79.9 Å². The monoisotopic (exact) mass is 1830 g/mol. The number of rotatable bonds is 65. The van der Waals surface area contributed by atoms with Crippen molar-refractivity contribution < 1.29 is 90.0 Å². The largest absolute Gasteiger partial charge is 0.508 e. The molecule has 0 amide bonds. The molecular weight excluding hydrogens is 1660 g/mol. The van der Waals surface area contributed by atoms with Crippen molar-refractivity contribution in [2.24, 2.45) is 29.6 Å². The van der Waals surface area contributed by atoms with Crippen LogP contribution in [0.4, 0.5) is 0 Å². The average Bonchev–Trinajstić information content (AvgIpc) is 0.904. The molecule has 0 aromatic heterocycles. The van der Waals surface area contributed by atoms with Crippen LogP contribution in [-0.4, -0.2) is 96.0 Å². The number of ketones is 6. The number of aliphatic hydroxyl groups excluding tert-OH is 6. The van der Waals surface area contributed by atoms with E-state index in [1.807, 2.05) is 30.3 Å². The summed E-state index contributed by atoms with van der Waals surface area (Å²) in [6.45, 7) is 23.3. The Morgan fingerprint density at radius 2 is 0.409 bits per heavy atom. The van der Waals surface area contributed by atoms with Gasteiger partial charge >= 0.3 is 0 Å². The minimum Gasteiger partial charge on any atom is -0.508 e. The summed E-state index contributed by atoms with van der Waals surface area (Å²) in [5.41, 5.74) is 9.07. The highest BCUT2D eigenvalue weighted by Gasteiger charge is 2.14. The van der Waals surface area contributed by atoms with Crippen molar-refractivity contribution in [3.05, 3.63) is 200 Å². The molecule has 18 nitrogen and oxygen atoms in total. The molecule has 132 heavy (non-hydrogen) atoms. The molecule has 740 valence electrons. The summed E-state index contributed by atoms with van der Waals surface area (Å²) in [5, 5.41) is 112. The molecule has 0 aliphatic heterocycles. The molecular formula is C114H176O18. The Balaban J connectivity index is 0.000000792. The maximum Gasteiger partial charge on any atom is 0.133 e. The number of unbranched alkanes of at least 4 members (excludes halogenated alkanes) is 19. The van der Waals surface area contributed by atoms with Crippen LogP contribution >= 0.6 is 0 Å². The first-order chi connectivity index (χ1) is 63.3. The van der Waals surface area contributed by atoms with Crippen molar-refractivity contribution in [2.45, 2.75) is 411 Å². The number of aliphatic hydroxyl groups is 6. The molecule has 0 aliphatic carbocycles. The lowest BCUT2D eigenvalue weighted by atomic mass is 10.0. The van der Waals surface area contributed by atoms with Crippen LogP contribution in [0.15, 0.2) is 133 Å². The van der Waals surface area contributed by atoms with Crippen LogP contribution in [0.1, 0.15) is 400 Å². The molecule has 0 heterocycles. The zero-order valence-electron chi connectivity index (χ0n) is 83.2. The third-order valence-electron chi connectivity index (χ3n) is 23.3. The second-order valence-electron chi connectivity index (χ2n) is 37.7. The van der Waals surface area contributed by atoms with Gasteiger partial charge in [-0.15, -0.1) is 0 Å². The van der Waals surface area contributed by atoms with Crippen molar-refractivity contribution >= 4 is 34.7 Å². The van der Waals surface area contributed by atoms with Gasteiger partial charge in [0.15, 0.2) is 0 Å². The molecule has 6 aromatic rings. The number of carbonyl (C=O) groups excluding carboxylic acids is 6. The smallest absolute Gasteiger partial charge is 0.133 e. The number of hydrogen-bond donors (Lipinski definition) is 12. The molecule has 6 rings (SSSR count). The highest BCUT2D eigenvalue weighted by atomic mass is 16.3. The Morgan fingerprint density at radius 3 is 0.606 bits per heavy atom. The highest BCUT2D eigenvalue weighted by molar-refractivity contribution is 5.81. The molecule has 0 bridgehead atoms. The van der Waals surface area contributed by atoms with Crippen molar-refractivity contribution in [1.29, 1.82) is 0 Å². The summed E-state index contributed by atoms with van der Waals surface area (Å²) >= 11 is 0. The lowest BCUT2D eigenvalue weighted by Gasteiger charge is -2.06. The number of aromatic hydroxyl groups is 6. The van der Waals surface area contributed by atoms with Gasteiger partial charge in [-0.25, -0.2) is 0 Å². The van der Waals surface area contributed by atoms with Gasteiger partial charge in [-0.2, -0.15) is 0 Å². The SMILES string of the molecule is CC(C)/C=C/CCCCC(=O)CCc1ccc(O)c(CO)c1.CC(C)/C=C/CCCCCC(=O)CCc1ccc(O)c(CO)c1.CC(C)CCCCCC(=O)CCc1ccc(O)c(CO)c1.CC(C)CCCCCCC(=O)CCc1ccc(O)c(CO)c1.CC(C)CCCCCCCC(=O)CCc1ccc(O)c(CO)c1.CCCCCCCCC(=O)CCc1ccc(O)c(CO)c1. The van der Waals surface area contributed by atoms with Gasteiger partial charge in [-0.1, -0.05) is 252 Å². The highest BCUT2D eigenvalue weighted by Crippen LogP contribution is 2.28. The second kappa shape index (κ2) is 77.7. The third kappa shape index (κ3) is 64.3.